The highest BCUT2D eigenvalue weighted by molar-refractivity contribution is 6.46. The summed E-state index contributed by atoms with van der Waals surface area (Å²) in [5, 5.41) is 11.7. The number of carbonyl (C=O) groups excluding carboxylic acids is 2. The lowest BCUT2D eigenvalue weighted by atomic mass is 9.94. The topological polar surface area (TPSA) is 66.8 Å². The highest BCUT2D eigenvalue weighted by Gasteiger charge is 2.45. The molecule has 2 aromatic carbocycles. The minimum absolute atomic E-state index is 0.101. The van der Waals surface area contributed by atoms with Crippen molar-refractivity contribution in [2.75, 3.05) is 13.2 Å². The molecular weight excluding hydrogens is 426 g/mol. The first-order valence-electron chi connectivity index (χ1n) is 11.0. The van der Waals surface area contributed by atoms with Gasteiger partial charge in [-0.25, -0.2) is 0 Å². The van der Waals surface area contributed by atoms with Crippen LogP contribution in [0, 0.1) is 12.8 Å². The van der Waals surface area contributed by atoms with Gasteiger partial charge in [0.1, 0.15) is 11.5 Å². The van der Waals surface area contributed by atoms with Crippen molar-refractivity contribution in [1.29, 1.82) is 0 Å². The van der Waals surface area contributed by atoms with Gasteiger partial charge in [-0.15, -0.1) is 0 Å². The van der Waals surface area contributed by atoms with Crippen LogP contribution in [-0.4, -0.2) is 34.8 Å². The zero-order valence-corrected chi connectivity index (χ0v) is 19.8. The van der Waals surface area contributed by atoms with Gasteiger partial charge in [-0.3, -0.25) is 9.59 Å². The van der Waals surface area contributed by atoms with Crippen molar-refractivity contribution in [1.82, 2.24) is 4.90 Å². The summed E-state index contributed by atoms with van der Waals surface area (Å²) in [4.78, 5) is 27.4. The first-order valence-corrected chi connectivity index (χ1v) is 11.4. The van der Waals surface area contributed by atoms with Gasteiger partial charge >= 0.3 is 0 Å². The summed E-state index contributed by atoms with van der Waals surface area (Å²) >= 11 is 6.05. The van der Waals surface area contributed by atoms with Gasteiger partial charge in [-0.05, 0) is 60.7 Å². The van der Waals surface area contributed by atoms with E-state index in [4.69, 9.17) is 16.3 Å². The maximum absolute atomic E-state index is 13.0. The van der Waals surface area contributed by atoms with E-state index in [1.807, 2.05) is 13.8 Å². The Morgan fingerprint density at radius 1 is 1.16 bits per heavy atom. The van der Waals surface area contributed by atoms with Crippen molar-refractivity contribution in [2.24, 2.45) is 5.92 Å². The van der Waals surface area contributed by atoms with Crippen molar-refractivity contribution >= 4 is 29.1 Å². The predicted molar refractivity (Wildman–Crippen MR) is 127 cm³/mol. The molecule has 3 rings (SSSR count). The van der Waals surface area contributed by atoms with Gasteiger partial charge in [-0.1, -0.05) is 50.9 Å². The summed E-state index contributed by atoms with van der Waals surface area (Å²) in [6.45, 7) is 9.09. The molecule has 32 heavy (non-hydrogen) atoms. The lowest BCUT2D eigenvalue weighted by Gasteiger charge is -2.25. The molecule has 0 radical (unpaired) electrons. The van der Waals surface area contributed by atoms with E-state index in [0.29, 0.717) is 29.7 Å². The third kappa shape index (κ3) is 4.99. The summed E-state index contributed by atoms with van der Waals surface area (Å²) in [5.41, 5.74) is 2.16. The Morgan fingerprint density at radius 2 is 1.84 bits per heavy atom. The third-order valence-corrected chi connectivity index (χ3v) is 5.75. The molecule has 1 N–H and O–H groups in total. The SMILES string of the molecule is CCCCN1C(=O)C(=O)/C(=C(\O)c2ccc(OCC(C)C)c(C)c2)C1c1ccc(Cl)cc1. The van der Waals surface area contributed by atoms with Crippen LogP contribution in [0.3, 0.4) is 0 Å². The Labute approximate surface area is 194 Å². The number of Topliss-reactive ketones (excluding diaryl/α,β-unsaturated/α-hetero) is 1. The van der Waals surface area contributed by atoms with Crippen molar-refractivity contribution in [3.8, 4) is 5.75 Å². The van der Waals surface area contributed by atoms with E-state index >= 15 is 0 Å². The van der Waals surface area contributed by atoms with Crippen LogP contribution < -0.4 is 4.74 Å². The molecule has 1 amide bonds. The van der Waals surface area contributed by atoms with Gasteiger partial charge in [0.15, 0.2) is 0 Å². The van der Waals surface area contributed by atoms with E-state index in [2.05, 4.69) is 13.8 Å². The predicted octanol–water partition coefficient (Wildman–Crippen LogP) is 5.91. The summed E-state index contributed by atoms with van der Waals surface area (Å²) in [5.74, 6) is -0.320. The highest BCUT2D eigenvalue weighted by atomic mass is 35.5. The second-order valence-corrected chi connectivity index (χ2v) is 9.02. The van der Waals surface area contributed by atoms with Crippen LogP contribution in [0.25, 0.3) is 5.76 Å². The molecule has 1 saturated heterocycles. The number of benzene rings is 2. The quantitative estimate of drug-likeness (QED) is 0.305. The largest absolute Gasteiger partial charge is 0.507 e. The molecule has 1 fully saturated rings. The van der Waals surface area contributed by atoms with E-state index < -0.39 is 17.7 Å². The molecular formula is C26H30ClNO4. The maximum atomic E-state index is 13.0. The van der Waals surface area contributed by atoms with Crippen LogP contribution in [0.1, 0.15) is 56.3 Å². The number of aliphatic hydroxyl groups is 1. The Kier molecular flexibility index (Phi) is 7.62. The minimum atomic E-state index is -0.670. The van der Waals surface area contributed by atoms with Crippen LogP contribution in [0.4, 0.5) is 0 Å². The monoisotopic (exact) mass is 455 g/mol. The van der Waals surface area contributed by atoms with E-state index in [9.17, 15) is 14.7 Å². The summed E-state index contributed by atoms with van der Waals surface area (Å²) in [7, 11) is 0. The van der Waals surface area contributed by atoms with Crippen LogP contribution in [0.15, 0.2) is 48.0 Å². The molecule has 1 heterocycles. The number of ketones is 1. The van der Waals surface area contributed by atoms with Crippen molar-refractivity contribution in [3.05, 3.63) is 69.8 Å². The van der Waals surface area contributed by atoms with Gasteiger partial charge in [0.25, 0.3) is 11.7 Å². The number of hydrogen-bond acceptors (Lipinski definition) is 4. The second kappa shape index (κ2) is 10.2. The van der Waals surface area contributed by atoms with Gasteiger partial charge < -0.3 is 14.7 Å². The maximum Gasteiger partial charge on any atom is 0.295 e. The number of carbonyl (C=O) groups is 2. The molecule has 1 unspecified atom stereocenters. The Morgan fingerprint density at radius 3 is 2.44 bits per heavy atom. The number of nitrogens with zero attached hydrogens (tertiary/aromatic N) is 1. The van der Waals surface area contributed by atoms with Gasteiger partial charge in [-0.2, -0.15) is 0 Å². The number of hydrogen-bond donors (Lipinski definition) is 1. The lowest BCUT2D eigenvalue weighted by molar-refractivity contribution is -0.139. The standard InChI is InChI=1S/C26H30ClNO4/c1-5-6-13-28-23(18-7-10-20(27)11-8-18)22(25(30)26(28)31)24(29)19-9-12-21(17(4)14-19)32-15-16(2)3/h7-12,14,16,23,29H,5-6,13,15H2,1-4H3/b24-22-. The fourth-order valence-corrected chi connectivity index (χ4v) is 3.93. The number of ether oxygens (including phenoxy) is 1. The number of aliphatic hydroxyl groups excluding tert-OH is 1. The van der Waals surface area contributed by atoms with Crippen LogP contribution >= 0.6 is 11.6 Å². The Bertz CT molecular complexity index is 1030. The molecule has 0 bridgehead atoms. The van der Waals surface area contributed by atoms with Gasteiger partial charge in [0.2, 0.25) is 0 Å². The smallest absolute Gasteiger partial charge is 0.295 e. The molecule has 1 aliphatic heterocycles. The first-order chi connectivity index (χ1) is 15.2. The fourth-order valence-electron chi connectivity index (χ4n) is 3.80. The van der Waals surface area contributed by atoms with Crippen LogP contribution in [0.5, 0.6) is 5.75 Å². The number of likely N-dealkylation sites (tertiary alicyclic amines) is 1. The van der Waals surface area contributed by atoms with E-state index in [1.165, 1.54) is 0 Å². The van der Waals surface area contributed by atoms with Gasteiger partial charge in [0, 0.05) is 17.1 Å². The number of unbranched alkanes of at least 4 members (excludes halogenated alkanes) is 1. The molecule has 170 valence electrons. The average Bonchev–Trinajstić information content (AvgIpc) is 3.01. The molecule has 5 nitrogen and oxygen atoms in total. The Hall–Kier alpha value is -2.79. The van der Waals surface area contributed by atoms with E-state index in [1.54, 1.807) is 47.4 Å². The summed E-state index contributed by atoms with van der Waals surface area (Å²) < 4.78 is 5.82. The van der Waals surface area contributed by atoms with Crippen molar-refractivity contribution in [3.63, 3.8) is 0 Å². The zero-order chi connectivity index (χ0) is 23.4. The summed E-state index contributed by atoms with van der Waals surface area (Å²) in [6, 6.07) is 11.7. The normalized spacial score (nSPS) is 17.9. The molecule has 2 aromatic rings. The zero-order valence-electron chi connectivity index (χ0n) is 19.0. The van der Waals surface area contributed by atoms with Crippen molar-refractivity contribution < 1.29 is 19.4 Å². The number of rotatable bonds is 8. The molecule has 0 aromatic heterocycles. The van der Waals surface area contributed by atoms with E-state index in [0.717, 1.165) is 29.7 Å². The van der Waals surface area contributed by atoms with Crippen LogP contribution in [-0.2, 0) is 9.59 Å². The third-order valence-electron chi connectivity index (χ3n) is 5.50. The molecule has 0 spiro atoms. The molecule has 6 heteroatoms. The van der Waals surface area contributed by atoms with Crippen molar-refractivity contribution in [2.45, 2.75) is 46.6 Å². The van der Waals surface area contributed by atoms with E-state index in [-0.39, 0.29) is 11.3 Å². The van der Waals surface area contributed by atoms with Crippen LogP contribution in [0.2, 0.25) is 5.02 Å². The number of aryl methyl sites for hydroxylation is 1. The number of halogens is 1. The molecule has 0 aliphatic carbocycles. The minimum Gasteiger partial charge on any atom is -0.507 e. The number of amides is 1. The second-order valence-electron chi connectivity index (χ2n) is 8.58. The average molecular weight is 456 g/mol. The van der Waals surface area contributed by atoms with Gasteiger partial charge in [0.05, 0.1) is 18.2 Å². The Balaban J connectivity index is 2.06. The lowest BCUT2D eigenvalue weighted by Crippen LogP contribution is -2.30. The fraction of sp³-hybridized carbons (Fsp3) is 0.385. The first kappa shape index (κ1) is 23.9. The highest BCUT2D eigenvalue weighted by Crippen LogP contribution is 2.40. The molecule has 1 aliphatic rings. The molecule has 1 atom stereocenters. The molecule has 0 saturated carbocycles. The summed E-state index contributed by atoms with van der Waals surface area (Å²) in [6.07, 6.45) is 1.64.